The van der Waals surface area contributed by atoms with Gasteiger partial charge in [0, 0.05) is 12.1 Å². The fourth-order valence-electron chi connectivity index (χ4n) is 1.95. The highest BCUT2D eigenvalue weighted by Crippen LogP contribution is 2.15. The van der Waals surface area contributed by atoms with Crippen molar-refractivity contribution in [2.45, 2.75) is 26.4 Å². The molecule has 0 saturated heterocycles. The maximum atomic E-state index is 12.0. The molecule has 2 aromatic carbocycles. The largest absolute Gasteiger partial charge is 0.489 e. The highest BCUT2D eigenvalue weighted by molar-refractivity contribution is 5.94. The summed E-state index contributed by atoms with van der Waals surface area (Å²) in [6.07, 6.45) is 2.07. The van der Waals surface area contributed by atoms with Gasteiger partial charge in [-0.15, -0.1) is 0 Å². The Hall–Kier alpha value is -2.29. The molecule has 0 radical (unpaired) electrons. The molecule has 0 aliphatic carbocycles. The minimum absolute atomic E-state index is 0.0476. The van der Waals surface area contributed by atoms with E-state index in [4.69, 9.17) is 4.74 Å². The first-order valence-corrected chi connectivity index (χ1v) is 7.34. The van der Waals surface area contributed by atoms with Crippen LogP contribution in [0.1, 0.15) is 35.7 Å². The van der Waals surface area contributed by atoms with Crippen molar-refractivity contribution in [1.82, 2.24) is 5.32 Å². The van der Waals surface area contributed by atoms with Crippen LogP contribution in [0.3, 0.4) is 0 Å². The predicted molar refractivity (Wildman–Crippen MR) is 84.5 cm³/mol. The molecule has 2 rings (SSSR count). The van der Waals surface area contributed by atoms with Crippen molar-refractivity contribution < 1.29 is 9.53 Å². The van der Waals surface area contributed by atoms with Crippen LogP contribution < -0.4 is 10.1 Å². The van der Waals surface area contributed by atoms with Crippen molar-refractivity contribution in [3.63, 3.8) is 0 Å². The summed E-state index contributed by atoms with van der Waals surface area (Å²) in [7, 11) is 0. The van der Waals surface area contributed by atoms with Gasteiger partial charge in [0.25, 0.3) is 5.91 Å². The zero-order valence-electron chi connectivity index (χ0n) is 12.3. The van der Waals surface area contributed by atoms with E-state index in [0.717, 1.165) is 18.4 Å². The number of hydrogen-bond acceptors (Lipinski definition) is 2. The topological polar surface area (TPSA) is 38.3 Å². The molecule has 0 aromatic heterocycles. The van der Waals surface area contributed by atoms with Gasteiger partial charge < -0.3 is 10.1 Å². The van der Waals surface area contributed by atoms with Crippen molar-refractivity contribution in [2.24, 2.45) is 0 Å². The number of amides is 1. The molecule has 0 unspecified atom stereocenters. The first kappa shape index (κ1) is 15.1. The van der Waals surface area contributed by atoms with Gasteiger partial charge in [0.15, 0.2) is 0 Å². The normalized spacial score (nSPS) is 10.1. The molecule has 0 fully saturated rings. The lowest BCUT2D eigenvalue weighted by molar-refractivity contribution is 0.0952. The fraction of sp³-hybridized carbons (Fsp3) is 0.278. The summed E-state index contributed by atoms with van der Waals surface area (Å²) in [6.45, 7) is 3.32. The molecule has 110 valence electrons. The number of carbonyl (C=O) groups excluding carboxylic acids is 1. The fourth-order valence-corrected chi connectivity index (χ4v) is 1.95. The second-order valence-corrected chi connectivity index (χ2v) is 4.91. The van der Waals surface area contributed by atoms with Gasteiger partial charge in [0.1, 0.15) is 12.4 Å². The zero-order valence-corrected chi connectivity index (χ0v) is 12.3. The average molecular weight is 283 g/mol. The van der Waals surface area contributed by atoms with E-state index in [1.807, 2.05) is 42.5 Å². The molecule has 0 heterocycles. The monoisotopic (exact) mass is 283 g/mol. The Labute approximate surface area is 126 Å². The molecular formula is C18H21NO2. The average Bonchev–Trinajstić information content (AvgIpc) is 2.54. The minimum atomic E-state index is -0.0476. The molecule has 1 N–H and O–H groups in total. The van der Waals surface area contributed by atoms with Crippen LogP contribution in [0.15, 0.2) is 54.6 Å². The van der Waals surface area contributed by atoms with E-state index in [1.165, 1.54) is 0 Å². The number of unbranched alkanes of at least 4 members (excludes halogenated alkanes) is 1. The maximum absolute atomic E-state index is 12.0. The molecule has 1 amide bonds. The Morgan fingerprint density at radius 3 is 2.67 bits per heavy atom. The third-order valence-corrected chi connectivity index (χ3v) is 3.16. The Kier molecular flexibility index (Phi) is 5.83. The van der Waals surface area contributed by atoms with Crippen LogP contribution in [0, 0.1) is 0 Å². The highest BCUT2D eigenvalue weighted by atomic mass is 16.5. The van der Waals surface area contributed by atoms with Crippen molar-refractivity contribution >= 4 is 5.91 Å². The Bertz CT molecular complexity index is 566. The molecule has 2 aromatic rings. The molecule has 0 aliphatic rings. The summed E-state index contributed by atoms with van der Waals surface area (Å²) in [5, 5.41) is 2.91. The van der Waals surface area contributed by atoms with E-state index >= 15 is 0 Å². The smallest absolute Gasteiger partial charge is 0.251 e. The second kappa shape index (κ2) is 8.10. The molecule has 0 bridgehead atoms. The van der Waals surface area contributed by atoms with Crippen LogP contribution in [0.4, 0.5) is 0 Å². The van der Waals surface area contributed by atoms with E-state index in [2.05, 4.69) is 12.2 Å². The molecule has 21 heavy (non-hydrogen) atoms. The summed E-state index contributed by atoms with van der Waals surface area (Å²) in [5.74, 6) is 0.663. The quantitative estimate of drug-likeness (QED) is 0.785. The van der Waals surface area contributed by atoms with Gasteiger partial charge in [-0.1, -0.05) is 49.7 Å². The first-order valence-electron chi connectivity index (χ1n) is 7.34. The van der Waals surface area contributed by atoms with Crippen LogP contribution in [0.2, 0.25) is 0 Å². The number of nitrogens with one attached hydrogen (secondary N) is 1. The van der Waals surface area contributed by atoms with Crippen LogP contribution >= 0.6 is 0 Å². The summed E-state index contributed by atoms with van der Waals surface area (Å²) in [5.41, 5.74) is 1.74. The molecule has 3 heteroatoms. The van der Waals surface area contributed by atoms with E-state index < -0.39 is 0 Å². The summed E-state index contributed by atoms with van der Waals surface area (Å²) >= 11 is 0. The van der Waals surface area contributed by atoms with Gasteiger partial charge in [-0.2, -0.15) is 0 Å². The van der Waals surface area contributed by atoms with Crippen LogP contribution in [-0.2, 0) is 6.61 Å². The lowest BCUT2D eigenvalue weighted by Gasteiger charge is -2.08. The van der Waals surface area contributed by atoms with Gasteiger partial charge in [0.2, 0.25) is 0 Å². The summed E-state index contributed by atoms with van der Waals surface area (Å²) < 4.78 is 5.73. The van der Waals surface area contributed by atoms with E-state index in [1.54, 1.807) is 12.1 Å². The standard InChI is InChI=1S/C18H21NO2/c1-2-3-12-19-18(20)16-10-7-11-17(13-16)21-14-15-8-5-4-6-9-15/h4-11,13H,2-3,12,14H2,1H3,(H,19,20). The van der Waals surface area contributed by atoms with Gasteiger partial charge >= 0.3 is 0 Å². The number of carbonyl (C=O) groups is 1. The molecule has 0 atom stereocenters. The minimum Gasteiger partial charge on any atom is -0.489 e. The Morgan fingerprint density at radius 1 is 1.10 bits per heavy atom. The first-order chi connectivity index (χ1) is 10.3. The number of benzene rings is 2. The Morgan fingerprint density at radius 2 is 1.90 bits per heavy atom. The number of rotatable bonds is 7. The third kappa shape index (κ3) is 4.95. The lowest BCUT2D eigenvalue weighted by Crippen LogP contribution is -2.24. The van der Waals surface area contributed by atoms with Gasteiger partial charge in [-0.05, 0) is 30.2 Å². The van der Waals surface area contributed by atoms with Crippen molar-refractivity contribution in [3.8, 4) is 5.75 Å². The highest BCUT2D eigenvalue weighted by Gasteiger charge is 2.06. The predicted octanol–water partition coefficient (Wildman–Crippen LogP) is 3.80. The molecule has 0 spiro atoms. The summed E-state index contributed by atoms with van der Waals surface area (Å²) in [6, 6.07) is 17.3. The number of ether oxygens (including phenoxy) is 1. The van der Waals surface area contributed by atoms with Crippen molar-refractivity contribution in [1.29, 1.82) is 0 Å². The second-order valence-electron chi connectivity index (χ2n) is 4.91. The maximum Gasteiger partial charge on any atom is 0.251 e. The van der Waals surface area contributed by atoms with Gasteiger partial charge in [0.05, 0.1) is 0 Å². The molecular weight excluding hydrogens is 262 g/mol. The lowest BCUT2D eigenvalue weighted by atomic mass is 10.2. The van der Waals surface area contributed by atoms with E-state index in [9.17, 15) is 4.79 Å². The van der Waals surface area contributed by atoms with Crippen molar-refractivity contribution in [3.05, 3.63) is 65.7 Å². The van der Waals surface area contributed by atoms with Gasteiger partial charge in [-0.3, -0.25) is 4.79 Å². The molecule has 0 saturated carbocycles. The van der Waals surface area contributed by atoms with Crippen LogP contribution in [0.5, 0.6) is 5.75 Å². The van der Waals surface area contributed by atoms with Crippen LogP contribution in [-0.4, -0.2) is 12.5 Å². The molecule has 3 nitrogen and oxygen atoms in total. The SMILES string of the molecule is CCCCNC(=O)c1cccc(OCc2ccccc2)c1. The Balaban J connectivity index is 1.92. The summed E-state index contributed by atoms with van der Waals surface area (Å²) in [4.78, 5) is 12.0. The molecule has 0 aliphatic heterocycles. The van der Waals surface area contributed by atoms with E-state index in [0.29, 0.717) is 24.5 Å². The third-order valence-electron chi connectivity index (χ3n) is 3.16. The van der Waals surface area contributed by atoms with E-state index in [-0.39, 0.29) is 5.91 Å². The van der Waals surface area contributed by atoms with Crippen molar-refractivity contribution in [2.75, 3.05) is 6.54 Å². The van der Waals surface area contributed by atoms with Gasteiger partial charge in [-0.25, -0.2) is 0 Å². The number of hydrogen-bond donors (Lipinski definition) is 1. The zero-order chi connectivity index (χ0) is 14.9. The van der Waals surface area contributed by atoms with Crippen LogP contribution in [0.25, 0.3) is 0 Å².